The van der Waals surface area contributed by atoms with E-state index in [-0.39, 0.29) is 30.7 Å². The van der Waals surface area contributed by atoms with E-state index in [1.165, 1.54) is 0 Å². The van der Waals surface area contributed by atoms with Crippen LogP contribution in [0, 0.1) is 17.8 Å². The van der Waals surface area contributed by atoms with E-state index < -0.39 is 5.92 Å². The summed E-state index contributed by atoms with van der Waals surface area (Å²) in [6, 6.07) is 0.550. The minimum atomic E-state index is -2.51. The van der Waals surface area contributed by atoms with Gasteiger partial charge in [-0.1, -0.05) is 13.0 Å². The van der Waals surface area contributed by atoms with E-state index in [1.54, 1.807) is 0 Å². The second-order valence-corrected chi connectivity index (χ2v) is 6.86. The molecule has 1 aliphatic heterocycles. The number of rotatable bonds is 3. The van der Waals surface area contributed by atoms with E-state index in [0.717, 1.165) is 6.42 Å². The van der Waals surface area contributed by atoms with Crippen molar-refractivity contribution in [1.29, 1.82) is 0 Å². The molecule has 0 aromatic heterocycles. The molecule has 0 aromatic rings. The quantitative estimate of drug-likeness (QED) is 0.724. The van der Waals surface area contributed by atoms with Crippen LogP contribution >= 0.6 is 0 Å². The maximum absolute atomic E-state index is 13.1. The molecule has 4 atom stereocenters. The van der Waals surface area contributed by atoms with E-state index in [9.17, 15) is 13.6 Å². The topological polar surface area (TPSA) is 20.3 Å². The number of fused-ring (bicyclic) bond motifs is 1. The summed E-state index contributed by atoms with van der Waals surface area (Å²) in [7, 11) is 0. The molecule has 1 amide bonds. The summed E-state index contributed by atoms with van der Waals surface area (Å²) in [4.78, 5) is 14.5. The van der Waals surface area contributed by atoms with Crippen molar-refractivity contribution in [2.24, 2.45) is 17.8 Å². The van der Waals surface area contributed by atoms with Gasteiger partial charge in [-0.05, 0) is 37.0 Å². The van der Waals surface area contributed by atoms with Crippen LogP contribution in [0.25, 0.3) is 0 Å². The Labute approximate surface area is 119 Å². The first kappa shape index (κ1) is 14.0. The maximum atomic E-state index is 13.1. The second-order valence-electron chi connectivity index (χ2n) is 6.86. The number of hydrogen-bond acceptors (Lipinski definition) is 1. The first-order valence-electron chi connectivity index (χ1n) is 7.74. The lowest BCUT2D eigenvalue weighted by atomic mass is 9.84. The van der Waals surface area contributed by atoms with Gasteiger partial charge in [0.05, 0.1) is 6.04 Å². The highest BCUT2D eigenvalue weighted by molar-refractivity contribution is 5.78. The Morgan fingerprint density at radius 1 is 1.40 bits per heavy atom. The monoisotopic (exact) mass is 283 g/mol. The van der Waals surface area contributed by atoms with Gasteiger partial charge in [-0.25, -0.2) is 8.78 Å². The summed E-state index contributed by atoms with van der Waals surface area (Å²) in [6.07, 6.45) is 4.19. The Hall–Kier alpha value is -0.930. The number of alkyl halides is 2. The van der Waals surface area contributed by atoms with Gasteiger partial charge in [0.25, 0.3) is 0 Å². The van der Waals surface area contributed by atoms with Gasteiger partial charge in [-0.15, -0.1) is 6.58 Å². The van der Waals surface area contributed by atoms with Crippen LogP contribution in [0.2, 0.25) is 0 Å². The average molecular weight is 283 g/mol. The van der Waals surface area contributed by atoms with Crippen molar-refractivity contribution in [2.45, 2.75) is 63.5 Å². The number of halogens is 2. The Balaban J connectivity index is 1.58. The van der Waals surface area contributed by atoms with Gasteiger partial charge in [0.2, 0.25) is 11.8 Å². The molecule has 20 heavy (non-hydrogen) atoms. The van der Waals surface area contributed by atoms with Gasteiger partial charge in [0.15, 0.2) is 0 Å². The van der Waals surface area contributed by atoms with Crippen LogP contribution in [-0.2, 0) is 4.79 Å². The Bertz CT molecular complexity index is 413. The number of carbonyl (C=O) groups excluding carboxylic acids is 1. The number of likely N-dealkylation sites (tertiary alicyclic amines) is 1. The molecule has 2 aliphatic carbocycles. The third-order valence-corrected chi connectivity index (χ3v) is 5.56. The molecular weight excluding hydrogens is 260 g/mol. The minimum Gasteiger partial charge on any atom is -0.333 e. The van der Waals surface area contributed by atoms with Crippen LogP contribution in [0.4, 0.5) is 8.78 Å². The molecule has 2 nitrogen and oxygen atoms in total. The van der Waals surface area contributed by atoms with Gasteiger partial charge in [0.1, 0.15) is 0 Å². The predicted molar refractivity (Wildman–Crippen MR) is 73.4 cm³/mol. The summed E-state index contributed by atoms with van der Waals surface area (Å²) in [5.41, 5.74) is 0. The number of hydrogen-bond donors (Lipinski definition) is 0. The average Bonchev–Trinajstić information content (AvgIpc) is 2.87. The molecule has 112 valence electrons. The Kier molecular flexibility index (Phi) is 3.38. The zero-order chi connectivity index (χ0) is 14.5. The molecule has 0 spiro atoms. The lowest BCUT2D eigenvalue weighted by Crippen LogP contribution is -2.40. The molecule has 3 fully saturated rings. The first-order valence-corrected chi connectivity index (χ1v) is 7.74. The van der Waals surface area contributed by atoms with Crippen LogP contribution in [0.15, 0.2) is 12.7 Å². The molecule has 4 heteroatoms. The van der Waals surface area contributed by atoms with E-state index in [0.29, 0.717) is 37.1 Å². The fourth-order valence-electron chi connectivity index (χ4n) is 4.17. The highest BCUT2D eigenvalue weighted by Crippen LogP contribution is 2.53. The Morgan fingerprint density at radius 2 is 2.05 bits per heavy atom. The standard InChI is InChI=1S/C16H23F2NO/c1-3-12-9-13-10(2)15(13)19(12)14(20)8-11-4-6-16(17,18)7-5-11/h3,10-13,15H,1,4-9H2,2H3. The number of carbonyl (C=O) groups is 1. The number of nitrogens with zero attached hydrogens (tertiary/aromatic N) is 1. The SMILES string of the molecule is C=CC1CC2C(C)C2N1C(=O)CC1CCC(F)(F)CC1. The van der Waals surface area contributed by atoms with E-state index in [2.05, 4.69) is 13.5 Å². The molecule has 1 heterocycles. The maximum Gasteiger partial charge on any atom is 0.248 e. The summed E-state index contributed by atoms with van der Waals surface area (Å²) in [6.45, 7) is 6.02. The highest BCUT2D eigenvalue weighted by Gasteiger charge is 2.59. The Morgan fingerprint density at radius 3 is 2.65 bits per heavy atom. The zero-order valence-corrected chi connectivity index (χ0v) is 12.0. The van der Waals surface area contributed by atoms with Crippen molar-refractivity contribution in [1.82, 2.24) is 4.90 Å². The summed E-state index contributed by atoms with van der Waals surface area (Å²) in [5, 5.41) is 0. The first-order chi connectivity index (χ1) is 9.43. The van der Waals surface area contributed by atoms with Crippen molar-refractivity contribution in [3.8, 4) is 0 Å². The van der Waals surface area contributed by atoms with E-state index >= 15 is 0 Å². The number of piperidine rings is 1. The van der Waals surface area contributed by atoms with Gasteiger partial charge >= 0.3 is 0 Å². The summed E-state index contributed by atoms with van der Waals surface area (Å²) in [5.74, 6) is -0.974. The summed E-state index contributed by atoms with van der Waals surface area (Å²) < 4.78 is 26.3. The smallest absolute Gasteiger partial charge is 0.248 e. The highest BCUT2D eigenvalue weighted by atomic mass is 19.3. The van der Waals surface area contributed by atoms with Gasteiger partial charge in [-0.2, -0.15) is 0 Å². The third kappa shape index (κ3) is 2.38. The van der Waals surface area contributed by atoms with Crippen LogP contribution in [0.5, 0.6) is 0 Å². The fourth-order valence-corrected chi connectivity index (χ4v) is 4.17. The van der Waals surface area contributed by atoms with Gasteiger partial charge < -0.3 is 4.90 Å². The fraction of sp³-hybridized carbons (Fsp3) is 0.812. The normalized spacial score (nSPS) is 39.5. The van der Waals surface area contributed by atoms with Gasteiger partial charge in [0, 0.05) is 25.3 Å². The molecule has 0 bridgehead atoms. The molecule has 3 aliphatic rings. The lowest BCUT2D eigenvalue weighted by Gasteiger charge is -2.31. The molecule has 0 N–H and O–H groups in total. The molecule has 1 saturated heterocycles. The van der Waals surface area contributed by atoms with Crippen molar-refractivity contribution < 1.29 is 13.6 Å². The largest absolute Gasteiger partial charge is 0.333 e. The van der Waals surface area contributed by atoms with Crippen molar-refractivity contribution in [3.63, 3.8) is 0 Å². The summed E-state index contributed by atoms with van der Waals surface area (Å²) >= 11 is 0. The second kappa shape index (κ2) is 4.81. The van der Waals surface area contributed by atoms with Crippen LogP contribution in [0.3, 0.4) is 0 Å². The van der Waals surface area contributed by atoms with E-state index in [1.807, 2.05) is 11.0 Å². The van der Waals surface area contributed by atoms with E-state index in [4.69, 9.17) is 0 Å². The molecule has 4 unspecified atom stereocenters. The van der Waals surface area contributed by atoms with Crippen molar-refractivity contribution in [2.75, 3.05) is 0 Å². The van der Waals surface area contributed by atoms with Gasteiger partial charge in [-0.3, -0.25) is 4.79 Å². The van der Waals surface area contributed by atoms with Crippen molar-refractivity contribution >= 4 is 5.91 Å². The van der Waals surface area contributed by atoms with Crippen LogP contribution < -0.4 is 0 Å². The molecule has 3 rings (SSSR count). The molecular formula is C16H23F2NO. The van der Waals surface area contributed by atoms with Crippen LogP contribution in [-0.4, -0.2) is 28.8 Å². The molecule has 0 aromatic carbocycles. The molecule has 2 saturated carbocycles. The zero-order valence-electron chi connectivity index (χ0n) is 12.0. The third-order valence-electron chi connectivity index (χ3n) is 5.56. The minimum absolute atomic E-state index is 0.0573. The molecule has 0 radical (unpaired) electrons. The van der Waals surface area contributed by atoms with Crippen molar-refractivity contribution in [3.05, 3.63) is 12.7 Å². The lowest BCUT2D eigenvalue weighted by molar-refractivity contribution is -0.134. The van der Waals surface area contributed by atoms with Crippen LogP contribution in [0.1, 0.15) is 45.4 Å². The number of amides is 1. The predicted octanol–water partition coefficient (Wildman–Crippen LogP) is 3.62.